The number of aryl methyl sites for hydroxylation is 1. The molecular formula is C18H25N3. The minimum Gasteiger partial charge on any atom is -0.312 e. The van der Waals surface area contributed by atoms with E-state index in [1.54, 1.807) is 5.56 Å². The highest BCUT2D eigenvalue weighted by Gasteiger charge is 2.55. The van der Waals surface area contributed by atoms with Crippen LogP contribution in [0.15, 0.2) is 29.3 Å². The summed E-state index contributed by atoms with van der Waals surface area (Å²) in [6.07, 6.45) is 9.01. The van der Waals surface area contributed by atoms with E-state index in [4.69, 9.17) is 10.8 Å². The van der Waals surface area contributed by atoms with Crippen LogP contribution in [0.3, 0.4) is 0 Å². The fourth-order valence-corrected chi connectivity index (χ4v) is 4.57. The van der Waals surface area contributed by atoms with Gasteiger partial charge in [0.05, 0.1) is 6.04 Å². The number of rotatable bonds is 2. The van der Waals surface area contributed by atoms with E-state index in [1.165, 1.54) is 50.5 Å². The number of hydrazine groups is 1. The highest BCUT2D eigenvalue weighted by molar-refractivity contribution is 5.89. The minimum atomic E-state index is 0.502. The average molecular weight is 283 g/mol. The van der Waals surface area contributed by atoms with Gasteiger partial charge in [-0.25, -0.2) is 5.84 Å². The van der Waals surface area contributed by atoms with E-state index in [1.807, 2.05) is 0 Å². The largest absolute Gasteiger partial charge is 0.312 e. The molecule has 3 nitrogen and oxygen atoms in total. The van der Waals surface area contributed by atoms with Gasteiger partial charge in [0.15, 0.2) is 0 Å². The molecule has 0 saturated heterocycles. The zero-order valence-corrected chi connectivity index (χ0v) is 12.6. The van der Waals surface area contributed by atoms with Gasteiger partial charge in [0.2, 0.25) is 0 Å². The van der Waals surface area contributed by atoms with Crippen LogP contribution in [0.5, 0.6) is 0 Å². The van der Waals surface area contributed by atoms with Gasteiger partial charge in [-0.15, -0.1) is 0 Å². The molecule has 0 radical (unpaired) electrons. The molecule has 3 unspecified atom stereocenters. The molecule has 4 rings (SSSR count). The SMILES string of the molecule is NNC(=NC1CCCCC1)C1C2CCc3ccccc3C21. The summed E-state index contributed by atoms with van der Waals surface area (Å²) in [6, 6.07) is 9.43. The first-order valence-corrected chi connectivity index (χ1v) is 8.50. The van der Waals surface area contributed by atoms with Crippen molar-refractivity contribution in [2.75, 3.05) is 0 Å². The fourth-order valence-electron chi connectivity index (χ4n) is 4.57. The van der Waals surface area contributed by atoms with Crippen LogP contribution in [0.2, 0.25) is 0 Å². The Hall–Kier alpha value is -1.35. The van der Waals surface area contributed by atoms with E-state index >= 15 is 0 Å². The number of benzene rings is 1. The molecule has 1 aromatic carbocycles. The molecule has 3 aliphatic rings. The Bertz CT molecular complexity index is 545. The summed E-state index contributed by atoms with van der Waals surface area (Å²) < 4.78 is 0. The van der Waals surface area contributed by atoms with Crippen molar-refractivity contribution in [3.8, 4) is 0 Å². The maximum atomic E-state index is 5.82. The molecule has 3 aliphatic carbocycles. The zero-order chi connectivity index (χ0) is 14.2. The van der Waals surface area contributed by atoms with E-state index in [0.717, 1.165) is 11.8 Å². The van der Waals surface area contributed by atoms with Crippen molar-refractivity contribution in [3.05, 3.63) is 35.4 Å². The Morgan fingerprint density at radius 1 is 1.10 bits per heavy atom. The van der Waals surface area contributed by atoms with Crippen LogP contribution in [0.1, 0.15) is 55.6 Å². The van der Waals surface area contributed by atoms with Crippen LogP contribution in [-0.2, 0) is 6.42 Å². The summed E-state index contributed by atoms with van der Waals surface area (Å²) in [5.74, 6) is 8.87. The maximum absolute atomic E-state index is 5.82. The molecule has 112 valence electrons. The molecule has 3 atom stereocenters. The number of nitrogens with zero attached hydrogens (tertiary/aromatic N) is 1. The van der Waals surface area contributed by atoms with Gasteiger partial charge < -0.3 is 5.43 Å². The summed E-state index contributed by atoms with van der Waals surface area (Å²) in [6.45, 7) is 0. The predicted molar refractivity (Wildman–Crippen MR) is 86.1 cm³/mol. The normalized spacial score (nSPS) is 32.2. The Kier molecular flexibility index (Phi) is 3.46. The predicted octanol–water partition coefficient (Wildman–Crippen LogP) is 3.16. The molecule has 3 N–H and O–H groups in total. The molecule has 0 spiro atoms. The van der Waals surface area contributed by atoms with Crippen LogP contribution in [0.4, 0.5) is 0 Å². The third-order valence-electron chi connectivity index (χ3n) is 5.69. The maximum Gasteiger partial charge on any atom is 0.115 e. The van der Waals surface area contributed by atoms with E-state index < -0.39 is 0 Å². The summed E-state index contributed by atoms with van der Waals surface area (Å²) in [4.78, 5) is 4.99. The van der Waals surface area contributed by atoms with Crippen molar-refractivity contribution in [1.82, 2.24) is 5.43 Å². The number of hydrogen-bond donors (Lipinski definition) is 2. The van der Waals surface area contributed by atoms with Gasteiger partial charge in [0.25, 0.3) is 0 Å². The first kappa shape index (κ1) is 13.3. The Morgan fingerprint density at radius 3 is 2.71 bits per heavy atom. The molecule has 3 heteroatoms. The molecular weight excluding hydrogens is 258 g/mol. The van der Waals surface area contributed by atoms with Crippen LogP contribution >= 0.6 is 0 Å². The second kappa shape index (κ2) is 5.45. The van der Waals surface area contributed by atoms with Gasteiger partial charge in [-0.2, -0.15) is 0 Å². The Morgan fingerprint density at radius 2 is 1.90 bits per heavy atom. The first-order valence-electron chi connectivity index (χ1n) is 8.50. The molecule has 0 bridgehead atoms. The number of hydrogen-bond acceptors (Lipinski definition) is 2. The lowest BCUT2D eigenvalue weighted by Crippen LogP contribution is -2.34. The van der Waals surface area contributed by atoms with Gasteiger partial charge in [-0.05, 0) is 48.6 Å². The topological polar surface area (TPSA) is 50.4 Å². The lowest BCUT2D eigenvalue weighted by molar-refractivity contribution is 0.441. The van der Waals surface area contributed by atoms with Crippen molar-refractivity contribution < 1.29 is 0 Å². The smallest absolute Gasteiger partial charge is 0.115 e. The highest BCUT2D eigenvalue weighted by atomic mass is 15.3. The zero-order valence-electron chi connectivity index (χ0n) is 12.6. The van der Waals surface area contributed by atoms with E-state index in [0.29, 0.717) is 17.9 Å². The molecule has 0 amide bonds. The number of aliphatic imine (C=N–C) groups is 1. The summed E-state index contributed by atoms with van der Waals surface area (Å²) in [7, 11) is 0. The van der Waals surface area contributed by atoms with Crippen molar-refractivity contribution in [2.24, 2.45) is 22.7 Å². The quantitative estimate of drug-likeness (QED) is 0.379. The second-order valence-electron chi connectivity index (χ2n) is 6.90. The van der Waals surface area contributed by atoms with Crippen LogP contribution in [0, 0.1) is 11.8 Å². The molecule has 0 aliphatic heterocycles. The Balaban J connectivity index is 1.56. The van der Waals surface area contributed by atoms with Gasteiger partial charge in [0.1, 0.15) is 5.84 Å². The second-order valence-corrected chi connectivity index (χ2v) is 6.90. The number of nitrogens with one attached hydrogen (secondary N) is 1. The van der Waals surface area contributed by atoms with Gasteiger partial charge in [0, 0.05) is 5.92 Å². The molecule has 2 saturated carbocycles. The summed E-state index contributed by atoms with van der Waals surface area (Å²) in [5.41, 5.74) is 6.03. The third-order valence-corrected chi connectivity index (χ3v) is 5.69. The summed E-state index contributed by atoms with van der Waals surface area (Å²) in [5, 5.41) is 0. The van der Waals surface area contributed by atoms with E-state index in [-0.39, 0.29) is 0 Å². The van der Waals surface area contributed by atoms with Crippen molar-refractivity contribution in [2.45, 2.75) is 56.9 Å². The Labute approximate surface area is 127 Å². The molecule has 21 heavy (non-hydrogen) atoms. The van der Waals surface area contributed by atoms with Gasteiger partial charge >= 0.3 is 0 Å². The van der Waals surface area contributed by atoms with Gasteiger partial charge in [-0.3, -0.25) is 4.99 Å². The number of nitrogens with two attached hydrogens (primary N) is 1. The van der Waals surface area contributed by atoms with Crippen LogP contribution in [-0.4, -0.2) is 11.9 Å². The number of amidine groups is 1. The number of fused-ring (bicyclic) bond motifs is 3. The van der Waals surface area contributed by atoms with E-state index in [2.05, 4.69) is 29.7 Å². The lowest BCUT2D eigenvalue weighted by Gasteiger charge is -2.19. The van der Waals surface area contributed by atoms with Crippen molar-refractivity contribution in [1.29, 1.82) is 0 Å². The molecule has 1 aromatic rings. The van der Waals surface area contributed by atoms with Crippen molar-refractivity contribution in [3.63, 3.8) is 0 Å². The first-order chi connectivity index (χ1) is 10.4. The standard InChI is InChI=1S/C18H25N3/c19-21-18(20-13-7-2-1-3-8-13)17-15-11-10-12-6-4-5-9-14(12)16(15)17/h4-6,9,13,15-17H,1-3,7-8,10-11,19H2,(H,20,21). The van der Waals surface area contributed by atoms with Crippen LogP contribution in [0.25, 0.3) is 0 Å². The third kappa shape index (κ3) is 2.38. The monoisotopic (exact) mass is 283 g/mol. The van der Waals surface area contributed by atoms with Crippen LogP contribution < -0.4 is 11.3 Å². The van der Waals surface area contributed by atoms with Gasteiger partial charge in [-0.1, -0.05) is 43.5 Å². The molecule has 0 heterocycles. The summed E-state index contributed by atoms with van der Waals surface area (Å²) >= 11 is 0. The van der Waals surface area contributed by atoms with E-state index in [9.17, 15) is 0 Å². The minimum absolute atomic E-state index is 0.502. The highest BCUT2D eigenvalue weighted by Crippen LogP contribution is 2.60. The lowest BCUT2D eigenvalue weighted by atomic mass is 9.92. The molecule has 2 fully saturated rings. The van der Waals surface area contributed by atoms with Crippen molar-refractivity contribution >= 4 is 5.84 Å². The molecule has 0 aromatic heterocycles. The average Bonchev–Trinajstić information content (AvgIpc) is 3.28. The fraction of sp³-hybridized carbons (Fsp3) is 0.611.